The maximum Gasteiger partial charge on any atom is 0.224 e. The van der Waals surface area contributed by atoms with Gasteiger partial charge in [-0.2, -0.15) is 4.98 Å². The largest absolute Gasteiger partial charge is 0.494 e. The van der Waals surface area contributed by atoms with Gasteiger partial charge in [0.05, 0.1) is 24.8 Å². The van der Waals surface area contributed by atoms with Crippen LogP contribution in [0, 0.1) is 11.6 Å². The molecule has 8 nitrogen and oxygen atoms in total. The number of nitrogens with one attached hydrogen (secondary N) is 1. The molecular formula is C19H21F2N5O3. The van der Waals surface area contributed by atoms with E-state index in [0.717, 1.165) is 50.5 Å². The van der Waals surface area contributed by atoms with Gasteiger partial charge in [0.15, 0.2) is 11.6 Å². The number of methoxy groups -OCH3 is 1. The maximum absolute atomic E-state index is 14.4. The number of hydrogen-bond donors (Lipinski definition) is 2. The summed E-state index contributed by atoms with van der Waals surface area (Å²) in [6, 6.07) is 2.13. The van der Waals surface area contributed by atoms with Gasteiger partial charge in [-0.15, -0.1) is 0 Å². The molecule has 0 spiro atoms. The van der Waals surface area contributed by atoms with Crippen LogP contribution in [0.1, 0.15) is 28.8 Å². The smallest absolute Gasteiger partial charge is 0.224 e. The molecule has 3 N–H and O–H groups in total. The van der Waals surface area contributed by atoms with Gasteiger partial charge in [-0.25, -0.2) is 13.8 Å². The molecular weight excluding hydrogens is 384 g/mol. The molecule has 0 aliphatic carbocycles. The minimum Gasteiger partial charge on any atom is -0.494 e. The highest BCUT2D eigenvalue weighted by molar-refractivity contribution is 6.12. The van der Waals surface area contributed by atoms with Crippen molar-refractivity contribution >= 4 is 23.8 Å². The average Bonchev–Trinajstić information content (AvgIpc) is 2.70. The van der Waals surface area contributed by atoms with Crippen LogP contribution in [-0.4, -0.2) is 59.7 Å². The van der Waals surface area contributed by atoms with Crippen molar-refractivity contribution in [1.82, 2.24) is 14.9 Å². The number of halogens is 2. The number of ketones is 1. The number of aromatic nitrogens is 2. The van der Waals surface area contributed by atoms with Crippen molar-refractivity contribution in [3.63, 3.8) is 0 Å². The normalized spacial score (nSPS) is 15.1. The van der Waals surface area contributed by atoms with Crippen LogP contribution in [0.2, 0.25) is 0 Å². The summed E-state index contributed by atoms with van der Waals surface area (Å²) >= 11 is 0. The number of hydrogen-bond acceptors (Lipinski definition) is 8. The molecule has 1 fully saturated rings. The molecule has 154 valence electrons. The molecule has 10 heteroatoms. The van der Waals surface area contributed by atoms with E-state index < -0.39 is 23.0 Å². The molecule has 3 rings (SSSR count). The van der Waals surface area contributed by atoms with E-state index in [2.05, 4.69) is 15.3 Å². The van der Waals surface area contributed by atoms with Crippen LogP contribution in [0.15, 0.2) is 18.3 Å². The van der Waals surface area contributed by atoms with E-state index in [9.17, 15) is 18.4 Å². The Hall–Kier alpha value is -3.14. The molecule has 0 amide bonds. The molecule has 29 heavy (non-hydrogen) atoms. The third-order valence-corrected chi connectivity index (χ3v) is 4.82. The van der Waals surface area contributed by atoms with E-state index in [1.165, 1.54) is 7.11 Å². The van der Waals surface area contributed by atoms with Crippen LogP contribution in [0.4, 0.5) is 20.5 Å². The van der Waals surface area contributed by atoms with Crippen molar-refractivity contribution in [3.8, 4) is 5.75 Å². The summed E-state index contributed by atoms with van der Waals surface area (Å²) in [4.78, 5) is 33.4. The molecule has 1 aliphatic heterocycles. The predicted molar refractivity (Wildman–Crippen MR) is 102 cm³/mol. The van der Waals surface area contributed by atoms with Crippen LogP contribution in [0.5, 0.6) is 5.75 Å². The van der Waals surface area contributed by atoms with Crippen LogP contribution >= 0.6 is 0 Å². The number of carbonyl (C=O) groups excluding carboxylic acids is 2. The Labute approximate surface area is 166 Å². The highest BCUT2D eigenvalue weighted by Crippen LogP contribution is 2.26. The molecule has 1 aliphatic rings. The standard InChI is InChI=1S/C19H21F2N5O3/c1-29-14-3-2-13(20)15(16(14)21)17(28)12-10-23-19(25-18(12)22)24-11-4-6-26(7-5-11)8-9-27/h2-3,9-11H,4-8H2,1H3,(H3,22,23,24,25). The Kier molecular flexibility index (Phi) is 6.32. The van der Waals surface area contributed by atoms with Gasteiger partial charge >= 0.3 is 0 Å². The Bertz CT molecular complexity index is 917. The Balaban J connectivity index is 1.75. The number of nitrogens with two attached hydrogens (primary N) is 1. The highest BCUT2D eigenvalue weighted by Gasteiger charge is 2.25. The third kappa shape index (κ3) is 4.48. The summed E-state index contributed by atoms with van der Waals surface area (Å²) in [5.41, 5.74) is 4.88. The second-order valence-corrected chi connectivity index (χ2v) is 6.65. The van der Waals surface area contributed by atoms with Gasteiger partial charge in [-0.05, 0) is 25.0 Å². The van der Waals surface area contributed by atoms with Gasteiger partial charge in [0, 0.05) is 25.3 Å². The van der Waals surface area contributed by atoms with Crippen LogP contribution in [0.25, 0.3) is 0 Å². The molecule has 0 radical (unpaired) electrons. The highest BCUT2D eigenvalue weighted by atomic mass is 19.1. The fraction of sp³-hybridized carbons (Fsp3) is 0.368. The first-order valence-corrected chi connectivity index (χ1v) is 9.06. The van der Waals surface area contributed by atoms with Crippen molar-refractivity contribution in [1.29, 1.82) is 0 Å². The van der Waals surface area contributed by atoms with Gasteiger partial charge in [0.25, 0.3) is 0 Å². The number of nitrogens with zero attached hydrogens (tertiary/aromatic N) is 3. The summed E-state index contributed by atoms with van der Waals surface area (Å²) in [7, 11) is 1.21. The first-order valence-electron chi connectivity index (χ1n) is 9.06. The minimum absolute atomic E-state index is 0.0899. The van der Waals surface area contributed by atoms with Crippen molar-refractivity contribution in [2.45, 2.75) is 18.9 Å². The van der Waals surface area contributed by atoms with Crippen molar-refractivity contribution in [2.75, 3.05) is 37.8 Å². The van der Waals surface area contributed by atoms with E-state index in [1.54, 1.807) is 0 Å². The Morgan fingerprint density at radius 1 is 1.38 bits per heavy atom. The van der Waals surface area contributed by atoms with Crippen LogP contribution < -0.4 is 15.8 Å². The molecule has 0 bridgehead atoms. The molecule has 1 aromatic carbocycles. The van der Waals surface area contributed by atoms with Gasteiger partial charge in [0.1, 0.15) is 17.9 Å². The van der Waals surface area contributed by atoms with Crippen LogP contribution in [-0.2, 0) is 4.79 Å². The molecule has 2 heterocycles. The lowest BCUT2D eigenvalue weighted by Gasteiger charge is -2.31. The molecule has 1 saturated heterocycles. The molecule has 2 aromatic rings. The lowest BCUT2D eigenvalue weighted by Crippen LogP contribution is -2.40. The lowest BCUT2D eigenvalue weighted by molar-refractivity contribution is -0.109. The van der Waals surface area contributed by atoms with E-state index in [0.29, 0.717) is 6.54 Å². The topological polar surface area (TPSA) is 110 Å². The summed E-state index contributed by atoms with van der Waals surface area (Å²) in [5, 5.41) is 3.13. The van der Waals surface area contributed by atoms with Crippen molar-refractivity contribution in [2.24, 2.45) is 0 Å². The Morgan fingerprint density at radius 3 is 2.72 bits per heavy atom. The van der Waals surface area contributed by atoms with E-state index in [4.69, 9.17) is 10.5 Å². The monoisotopic (exact) mass is 405 g/mol. The number of carbonyl (C=O) groups is 2. The second kappa shape index (κ2) is 8.91. The average molecular weight is 405 g/mol. The molecule has 1 aromatic heterocycles. The van der Waals surface area contributed by atoms with Gasteiger partial charge in [-0.3, -0.25) is 9.69 Å². The number of benzene rings is 1. The quantitative estimate of drug-likeness (QED) is 0.529. The minimum atomic E-state index is -1.11. The van der Waals surface area contributed by atoms with E-state index >= 15 is 0 Å². The zero-order chi connectivity index (χ0) is 21.0. The number of aldehydes is 1. The summed E-state index contributed by atoms with van der Waals surface area (Å²) in [5.74, 6) is -3.33. The lowest BCUT2D eigenvalue weighted by atomic mass is 10.0. The summed E-state index contributed by atoms with van der Waals surface area (Å²) in [6.45, 7) is 1.93. The van der Waals surface area contributed by atoms with Crippen molar-refractivity contribution < 1.29 is 23.1 Å². The number of rotatable bonds is 7. The number of anilines is 2. The second-order valence-electron chi connectivity index (χ2n) is 6.65. The first kappa shape index (κ1) is 20.6. The SMILES string of the molecule is COc1ccc(F)c(C(=O)c2cnc(NC3CCN(CC=O)CC3)nc2N)c1F. The van der Waals surface area contributed by atoms with Gasteiger partial charge in [-0.1, -0.05) is 0 Å². The summed E-state index contributed by atoms with van der Waals surface area (Å²) in [6.07, 6.45) is 3.60. The maximum atomic E-state index is 14.4. The summed E-state index contributed by atoms with van der Waals surface area (Å²) < 4.78 is 33.2. The van der Waals surface area contributed by atoms with Crippen LogP contribution in [0.3, 0.4) is 0 Å². The number of ether oxygens (including phenoxy) is 1. The van der Waals surface area contributed by atoms with Crippen molar-refractivity contribution in [3.05, 3.63) is 41.1 Å². The third-order valence-electron chi connectivity index (χ3n) is 4.82. The van der Waals surface area contributed by atoms with Gasteiger partial charge < -0.3 is 20.6 Å². The number of likely N-dealkylation sites (tertiary alicyclic amines) is 1. The van der Waals surface area contributed by atoms with Gasteiger partial charge in [0.2, 0.25) is 11.7 Å². The van der Waals surface area contributed by atoms with E-state index in [1.807, 2.05) is 4.90 Å². The molecule has 0 atom stereocenters. The zero-order valence-electron chi connectivity index (χ0n) is 15.8. The number of piperidine rings is 1. The zero-order valence-corrected chi connectivity index (χ0v) is 15.8. The fourth-order valence-corrected chi connectivity index (χ4v) is 3.22. The predicted octanol–water partition coefficient (Wildman–Crippen LogP) is 1.65. The fourth-order valence-electron chi connectivity index (χ4n) is 3.22. The van der Waals surface area contributed by atoms with E-state index in [-0.39, 0.29) is 29.1 Å². The first-order chi connectivity index (χ1) is 13.9. The molecule has 0 saturated carbocycles. The molecule has 0 unspecified atom stereocenters. The number of nitrogen functional groups attached to an aromatic ring is 1. The Morgan fingerprint density at radius 2 is 2.10 bits per heavy atom.